The monoisotopic (exact) mass is 356 g/mol. The van der Waals surface area contributed by atoms with Crippen LogP contribution in [0.2, 0.25) is 0 Å². The number of rotatable bonds is 2. The number of ether oxygens (including phenoxy) is 1. The maximum absolute atomic E-state index is 11.6. The molecule has 25 heavy (non-hydrogen) atoms. The van der Waals surface area contributed by atoms with Crippen LogP contribution < -0.4 is 9.88 Å². The zero-order valence-corrected chi connectivity index (χ0v) is 14.1. The molecule has 0 bridgehead atoms. The quantitative estimate of drug-likeness (QED) is 0.499. The molecule has 0 aliphatic carbocycles. The number of primary sulfonamides is 1. The van der Waals surface area contributed by atoms with Gasteiger partial charge < -0.3 is 9.64 Å². The van der Waals surface area contributed by atoms with Crippen LogP contribution in [0.3, 0.4) is 0 Å². The third-order valence-corrected chi connectivity index (χ3v) is 4.80. The second kappa shape index (κ2) is 6.93. The lowest BCUT2D eigenvalue weighted by Crippen LogP contribution is -2.39. The molecule has 0 unspecified atom stereocenters. The molecule has 0 saturated carbocycles. The largest absolute Gasteiger partial charge is 0.425 e. The van der Waals surface area contributed by atoms with E-state index in [0.29, 0.717) is 25.3 Å². The van der Waals surface area contributed by atoms with Gasteiger partial charge in [-0.1, -0.05) is 24.3 Å². The van der Waals surface area contributed by atoms with Crippen molar-refractivity contribution in [2.24, 2.45) is 10.1 Å². The molecule has 0 atom stereocenters. The van der Waals surface area contributed by atoms with Crippen LogP contribution in [0.15, 0.2) is 58.4 Å². The van der Waals surface area contributed by atoms with Gasteiger partial charge in [-0.3, -0.25) is 0 Å². The van der Waals surface area contributed by atoms with Crippen LogP contribution in [-0.2, 0) is 23.0 Å². The van der Waals surface area contributed by atoms with Crippen molar-refractivity contribution in [1.82, 2.24) is 4.90 Å². The van der Waals surface area contributed by atoms with Crippen molar-refractivity contribution in [2.75, 3.05) is 6.54 Å². The summed E-state index contributed by atoms with van der Waals surface area (Å²) in [6.45, 7) is 0.987. The summed E-state index contributed by atoms with van der Waals surface area (Å²) in [5.74, 6) is 0.570. The van der Waals surface area contributed by atoms with Crippen molar-refractivity contribution in [3.63, 3.8) is 0 Å². The van der Waals surface area contributed by atoms with Crippen LogP contribution in [0.25, 0.3) is 0 Å². The van der Waals surface area contributed by atoms with Gasteiger partial charge in [0.1, 0.15) is 5.75 Å². The molecule has 2 aromatic rings. The highest BCUT2D eigenvalue weighted by Crippen LogP contribution is 2.23. The number of aliphatic imine (C=N–C) groups is 1. The van der Waals surface area contributed by atoms with Gasteiger partial charge >= 0.3 is 6.02 Å². The van der Waals surface area contributed by atoms with Gasteiger partial charge in [0.15, 0.2) is 0 Å². The first-order valence-corrected chi connectivity index (χ1v) is 9.11. The normalized spacial score (nSPS) is 14.6. The molecule has 0 amide bonds. The first-order valence-electron chi connectivity index (χ1n) is 7.56. The summed E-state index contributed by atoms with van der Waals surface area (Å²) in [4.78, 5) is 5.63. The Bertz CT molecular complexity index is 950. The zero-order valence-electron chi connectivity index (χ0n) is 13.3. The van der Waals surface area contributed by atoms with Gasteiger partial charge in [0.25, 0.3) is 0 Å². The number of nitriles is 1. The number of hydrogen-bond acceptors (Lipinski definition) is 5. The van der Waals surface area contributed by atoms with Crippen molar-refractivity contribution in [2.45, 2.75) is 17.9 Å². The van der Waals surface area contributed by atoms with Gasteiger partial charge in [-0.25, -0.2) is 13.6 Å². The van der Waals surface area contributed by atoms with E-state index >= 15 is 0 Å². The predicted octanol–water partition coefficient (Wildman–Crippen LogP) is 1.61. The second-order valence-electron chi connectivity index (χ2n) is 5.56. The minimum Gasteiger partial charge on any atom is -0.425 e. The number of benzene rings is 2. The summed E-state index contributed by atoms with van der Waals surface area (Å²) < 4.78 is 28.8. The van der Waals surface area contributed by atoms with Gasteiger partial charge in [0.2, 0.25) is 16.2 Å². The van der Waals surface area contributed by atoms with E-state index in [2.05, 4.69) is 4.99 Å². The Hall–Kier alpha value is -2.89. The summed E-state index contributed by atoms with van der Waals surface area (Å²) in [6, 6.07) is 14.1. The summed E-state index contributed by atoms with van der Waals surface area (Å²) >= 11 is 0. The number of sulfonamides is 1. The smallest absolute Gasteiger partial charge is 0.308 e. The molecule has 1 aliphatic rings. The molecule has 2 aromatic carbocycles. The molecule has 128 valence electrons. The fourth-order valence-electron chi connectivity index (χ4n) is 2.67. The van der Waals surface area contributed by atoms with E-state index in [1.165, 1.54) is 6.07 Å². The number of nitrogens with two attached hydrogens (primary N) is 1. The van der Waals surface area contributed by atoms with Gasteiger partial charge in [-0.05, 0) is 41.8 Å². The number of amidine groups is 1. The molecule has 8 heteroatoms. The Balaban J connectivity index is 1.87. The molecular formula is C17H16N4O3S. The second-order valence-corrected chi connectivity index (χ2v) is 7.12. The van der Waals surface area contributed by atoms with Crippen molar-refractivity contribution in [3.05, 3.63) is 59.7 Å². The molecular weight excluding hydrogens is 340 g/mol. The average Bonchev–Trinajstić information content (AvgIpc) is 2.60. The molecule has 3 rings (SSSR count). The molecule has 0 aromatic heterocycles. The van der Waals surface area contributed by atoms with E-state index in [0.717, 1.165) is 11.1 Å². The SMILES string of the molecule is N#CN=C(Oc1ccccc1)N1CCc2ccc(S(N)(=O)=O)cc2C1. The van der Waals surface area contributed by atoms with E-state index in [4.69, 9.17) is 15.1 Å². The van der Waals surface area contributed by atoms with E-state index in [1.807, 2.05) is 18.2 Å². The van der Waals surface area contributed by atoms with Crippen molar-refractivity contribution >= 4 is 16.0 Å². The molecule has 1 heterocycles. The number of para-hydroxylation sites is 1. The van der Waals surface area contributed by atoms with Crippen LogP contribution in [0.4, 0.5) is 0 Å². The van der Waals surface area contributed by atoms with Crippen LogP contribution in [0.1, 0.15) is 11.1 Å². The van der Waals surface area contributed by atoms with Gasteiger partial charge in [-0.2, -0.15) is 5.26 Å². The topological polar surface area (TPSA) is 109 Å². The van der Waals surface area contributed by atoms with Gasteiger partial charge in [-0.15, -0.1) is 4.99 Å². The van der Waals surface area contributed by atoms with Gasteiger partial charge in [0.05, 0.1) is 4.90 Å². The minimum absolute atomic E-state index is 0.0656. The van der Waals surface area contributed by atoms with Crippen molar-refractivity contribution in [1.29, 1.82) is 5.26 Å². The third kappa shape index (κ3) is 3.96. The third-order valence-electron chi connectivity index (χ3n) is 3.89. The summed E-state index contributed by atoms with van der Waals surface area (Å²) in [7, 11) is -3.77. The summed E-state index contributed by atoms with van der Waals surface area (Å²) in [6.07, 6.45) is 2.43. The van der Waals surface area contributed by atoms with Crippen LogP contribution in [0, 0.1) is 11.5 Å². The highest BCUT2D eigenvalue weighted by atomic mass is 32.2. The van der Waals surface area contributed by atoms with Crippen LogP contribution >= 0.6 is 0 Å². The molecule has 0 saturated heterocycles. The lowest BCUT2D eigenvalue weighted by molar-refractivity contribution is 0.321. The minimum atomic E-state index is -3.77. The first kappa shape index (κ1) is 17.0. The van der Waals surface area contributed by atoms with Crippen LogP contribution in [0.5, 0.6) is 5.75 Å². The fourth-order valence-corrected chi connectivity index (χ4v) is 3.23. The molecule has 0 fully saturated rings. The summed E-state index contributed by atoms with van der Waals surface area (Å²) in [5.41, 5.74) is 1.86. The van der Waals surface area contributed by atoms with E-state index in [1.54, 1.807) is 35.4 Å². The van der Waals surface area contributed by atoms with E-state index in [9.17, 15) is 8.42 Å². The van der Waals surface area contributed by atoms with E-state index < -0.39 is 10.0 Å². The predicted molar refractivity (Wildman–Crippen MR) is 92.0 cm³/mol. The lowest BCUT2D eigenvalue weighted by atomic mass is 10.0. The molecule has 7 nitrogen and oxygen atoms in total. The number of fused-ring (bicyclic) bond motifs is 1. The van der Waals surface area contributed by atoms with Crippen molar-refractivity contribution in [3.8, 4) is 11.9 Å². The fraction of sp³-hybridized carbons (Fsp3) is 0.176. The maximum atomic E-state index is 11.6. The standard InChI is InChI=1S/C17H16N4O3S/c18-12-20-17(24-15-4-2-1-3-5-15)21-9-8-13-6-7-16(25(19,22)23)10-14(13)11-21/h1-7,10H,8-9,11H2,(H2,19,22,23). The molecule has 2 N–H and O–H groups in total. The van der Waals surface area contributed by atoms with Crippen molar-refractivity contribution < 1.29 is 13.2 Å². The zero-order chi connectivity index (χ0) is 17.9. The lowest BCUT2D eigenvalue weighted by Gasteiger charge is -2.30. The highest BCUT2D eigenvalue weighted by molar-refractivity contribution is 7.89. The summed E-state index contributed by atoms with van der Waals surface area (Å²) in [5, 5.41) is 14.2. The maximum Gasteiger partial charge on any atom is 0.308 e. The Morgan fingerprint density at radius 3 is 2.64 bits per heavy atom. The Labute approximate surface area is 146 Å². The Morgan fingerprint density at radius 1 is 1.20 bits per heavy atom. The van der Waals surface area contributed by atoms with E-state index in [-0.39, 0.29) is 10.9 Å². The molecule has 0 radical (unpaired) electrons. The average molecular weight is 356 g/mol. The molecule has 1 aliphatic heterocycles. The number of hydrogen-bond donors (Lipinski definition) is 1. The van der Waals surface area contributed by atoms with Crippen LogP contribution in [-0.4, -0.2) is 25.9 Å². The highest BCUT2D eigenvalue weighted by Gasteiger charge is 2.22. The van der Waals surface area contributed by atoms with Gasteiger partial charge in [0, 0.05) is 13.1 Å². The molecule has 0 spiro atoms. The number of nitrogens with zero attached hydrogens (tertiary/aromatic N) is 3. The first-order chi connectivity index (χ1) is 12.0. The Kier molecular flexibility index (Phi) is 4.70. The Morgan fingerprint density at radius 2 is 1.96 bits per heavy atom.